The average molecular weight is 525 g/mol. The zero-order valence-corrected chi connectivity index (χ0v) is 22.7. The van der Waals surface area contributed by atoms with Gasteiger partial charge in [0.2, 0.25) is 5.91 Å². The van der Waals surface area contributed by atoms with E-state index in [0.29, 0.717) is 32.2 Å². The second-order valence-electron chi connectivity index (χ2n) is 11.2. The van der Waals surface area contributed by atoms with Crippen LogP contribution in [-0.2, 0) is 11.3 Å². The van der Waals surface area contributed by atoms with Crippen LogP contribution >= 0.6 is 0 Å². The number of rotatable bonds is 6. The van der Waals surface area contributed by atoms with E-state index in [4.69, 9.17) is 11.5 Å². The molecule has 11 nitrogen and oxygen atoms in total. The Bertz CT molecular complexity index is 1210. The van der Waals surface area contributed by atoms with Crippen LogP contribution in [0.4, 0.5) is 10.6 Å². The molecule has 0 saturated carbocycles. The maximum absolute atomic E-state index is 12.8. The van der Waals surface area contributed by atoms with Crippen molar-refractivity contribution in [2.24, 2.45) is 11.5 Å². The van der Waals surface area contributed by atoms with Gasteiger partial charge < -0.3 is 21.3 Å². The number of anilines is 1. The average Bonchev–Trinajstić information content (AvgIpc) is 2.86. The van der Waals surface area contributed by atoms with Crippen LogP contribution in [0.15, 0.2) is 35.3 Å². The lowest BCUT2D eigenvalue weighted by atomic mass is 10.0. The summed E-state index contributed by atoms with van der Waals surface area (Å²) < 4.78 is 1.47. The molecule has 2 aliphatic heterocycles. The lowest BCUT2D eigenvalue weighted by Gasteiger charge is -2.35. The van der Waals surface area contributed by atoms with Gasteiger partial charge in [0.05, 0.1) is 5.69 Å². The summed E-state index contributed by atoms with van der Waals surface area (Å²) >= 11 is 0. The van der Waals surface area contributed by atoms with Gasteiger partial charge >= 0.3 is 11.7 Å². The van der Waals surface area contributed by atoms with E-state index in [2.05, 4.69) is 21.3 Å². The van der Waals surface area contributed by atoms with Gasteiger partial charge in [-0.05, 0) is 76.0 Å². The highest BCUT2D eigenvalue weighted by Crippen LogP contribution is 2.19. The number of nitrogens with one attached hydrogen (secondary N) is 1. The summed E-state index contributed by atoms with van der Waals surface area (Å²) in [7, 11) is 0. The minimum Gasteiger partial charge on any atom is -0.339 e. The van der Waals surface area contributed by atoms with Crippen LogP contribution in [0.5, 0.6) is 0 Å². The maximum Gasteiger partial charge on any atom is 0.354 e. The molecule has 0 aliphatic carbocycles. The zero-order valence-electron chi connectivity index (χ0n) is 22.7. The fraction of sp³-hybridized carbons (Fsp3) is 0.556. The summed E-state index contributed by atoms with van der Waals surface area (Å²) in [5, 5.41) is 2.71. The number of likely N-dealkylation sites (tertiary alicyclic amines) is 1. The molecule has 206 valence electrons. The predicted octanol–water partition coefficient (Wildman–Crippen LogP) is 1.27. The van der Waals surface area contributed by atoms with E-state index in [0.717, 1.165) is 43.7 Å². The first-order valence-electron chi connectivity index (χ1n) is 13.3. The lowest BCUT2D eigenvalue weighted by molar-refractivity contribution is -0.133. The number of aryl methyl sites for hydroxylation is 1. The molecule has 0 atom stereocenters. The van der Waals surface area contributed by atoms with Crippen molar-refractivity contribution in [2.45, 2.75) is 58.2 Å². The predicted molar refractivity (Wildman–Crippen MR) is 147 cm³/mol. The quantitative estimate of drug-likeness (QED) is 0.516. The number of hydrogen-bond acceptors (Lipinski definition) is 7. The third kappa shape index (κ3) is 7.18. The molecule has 2 fully saturated rings. The molecular weight excluding hydrogens is 484 g/mol. The Morgan fingerprint density at radius 1 is 1.05 bits per heavy atom. The molecule has 3 amide bonds. The van der Waals surface area contributed by atoms with Crippen molar-refractivity contribution in [3.63, 3.8) is 0 Å². The van der Waals surface area contributed by atoms with Gasteiger partial charge in [-0.1, -0.05) is 6.07 Å². The topological polar surface area (TPSA) is 143 Å². The summed E-state index contributed by atoms with van der Waals surface area (Å²) in [5.74, 6) is 0.179. The van der Waals surface area contributed by atoms with Crippen molar-refractivity contribution in [3.8, 4) is 5.69 Å². The molecule has 2 aliphatic rings. The number of nitrogens with zero attached hydrogens (tertiary/aromatic N) is 5. The Hall–Kier alpha value is -3.28. The SMILES string of the molecule is Cc1cc(-n2ccc(NC(=O)N3CCN(C(=O)CC(C)(C)N)CC3)nc2=O)ccc1CN1CCC(N)CC1. The molecule has 38 heavy (non-hydrogen) atoms. The summed E-state index contributed by atoms with van der Waals surface area (Å²) in [4.78, 5) is 47.7. The Kier molecular flexibility index (Phi) is 8.49. The first-order chi connectivity index (χ1) is 18.0. The second-order valence-corrected chi connectivity index (χ2v) is 11.2. The normalized spacial score (nSPS) is 17.5. The molecule has 0 spiro atoms. The van der Waals surface area contributed by atoms with E-state index in [1.807, 2.05) is 32.9 Å². The van der Waals surface area contributed by atoms with Crippen molar-refractivity contribution in [2.75, 3.05) is 44.6 Å². The Morgan fingerprint density at radius 2 is 1.71 bits per heavy atom. The third-order valence-electron chi connectivity index (χ3n) is 7.20. The molecule has 1 aromatic heterocycles. The molecule has 1 aromatic carbocycles. The first kappa shape index (κ1) is 27.7. The fourth-order valence-corrected chi connectivity index (χ4v) is 4.88. The van der Waals surface area contributed by atoms with Crippen LogP contribution in [0.3, 0.4) is 0 Å². The van der Waals surface area contributed by atoms with Crippen LogP contribution in [0, 0.1) is 6.92 Å². The van der Waals surface area contributed by atoms with Gasteiger partial charge in [0, 0.05) is 56.9 Å². The number of piperazine rings is 1. The monoisotopic (exact) mass is 524 g/mol. The molecule has 0 bridgehead atoms. The molecule has 0 radical (unpaired) electrons. The summed E-state index contributed by atoms with van der Waals surface area (Å²) in [6, 6.07) is 7.53. The van der Waals surface area contributed by atoms with E-state index < -0.39 is 11.2 Å². The van der Waals surface area contributed by atoms with Gasteiger partial charge in [-0.15, -0.1) is 0 Å². The van der Waals surface area contributed by atoms with Crippen molar-refractivity contribution in [1.82, 2.24) is 24.3 Å². The molecule has 0 unspecified atom stereocenters. The summed E-state index contributed by atoms with van der Waals surface area (Å²) in [6.07, 6.45) is 3.92. The molecule has 3 heterocycles. The Balaban J connectivity index is 1.33. The third-order valence-corrected chi connectivity index (χ3v) is 7.20. The highest BCUT2D eigenvalue weighted by Gasteiger charge is 2.27. The lowest BCUT2D eigenvalue weighted by Crippen LogP contribution is -2.53. The zero-order chi connectivity index (χ0) is 27.4. The maximum atomic E-state index is 12.8. The number of carbonyl (C=O) groups excluding carboxylic acids is 2. The standard InChI is InChI=1S/C27H40N8O3/c1-19-16-22(5-4-20(19)18-32-9-6-21(28)7-10-32)35-11-8-23(31-26(35)38)30-25(37)34-14-12-33(13-15-34)24(36)17-27(2,3)29/h4-5,8,11,16,21H,6-7,9-10,12-15,17-18,28-29H2,1-3H3,(H,30,31,37,38). The number of piperidine rings is 1. The first-order valence-corrected chi connectivity index (χ1v) is 13.3. The molecule has 11 heteroatoms. The molecule has 2 saturated heterocycles. The van der Waals surface area contributed by atoms with E-state index in [1.165, 1.54) is 10.1 Å². The smallest absolute Gasteiger partial charge is 0.339 e. The van der Waals surface area contributed by atoms with Crippen molar-refractivity contribution < 1.29 is 9.59 Å². The number of hydrogen-bond donors (Lipinski definition) is 3. The number of nitrogens with two attached hydrogens (primary N) is 2. The van der Waals surface area contributed by atoms with E-state index >= 15 is 0 Å². The molecule has 4 rings (SSSR count). The van der Waals surface area contributed by atoms with Crippen molar-refractivity contribution in [1.29, 1.82) is 0 Å². The van der Waals surface area contributed by atoms with Crippen LogP contribution < -0.4 is 22.5 Å². The van der Waals surface area contributed by atoms with Gasteiger partial charge in [0.15, 0.2) is 0 Å². The minimum atomic E-state index is -0.569. The molecular formula is C27H40N8O3. The second kappa shape index (κ2) is 11.6. The van der Waals surface area contributed by atoms with Gasteiger partial charge in [-0.2, -0.15) is 4.98 Å². The number of carbonyl (C=O) groups is 2. The Morgan fingerprint density at radius 3 is 2.32 bits per heavy atom. The van der Waals surface area contributed by atoms with E-state index in [1.54, 1.807) is 22.1 Å². The van der Waals surface area contributed by atoms with Crippen LogP contribution in [-0.4, -0.2) is 87.0 Å². The van der Waals surface area contributed by atoms with Crippen LogP contribution in [0.1, 0.15) is 44.2 Å². The number of urea groups is 1. The largest absolute Gasteiger partial charge is 0.354 e. The Labute approximate surface area is 223 Å². The van der Waals surface area contributed by atoms with Crippen LogP contribution in [0.2, 0.25) is 0 Å². The van der Waals surface area contributed by atoms with Crippen molar-refractivity contribution in [3.05, 3.63) is 52.1 Å². The van der Waals surface area contributed by atoms with E-state index in [-0.39, 0.29) is 24.2 Å². The highest BCUT2D eigenvalue weighted by atomic mass is 16.2. The highest BCUT2D eigenvalue weighted by molar-refractivity contribution is 5.88. The van der Waals surface area contributed by atoms with Gasteiger partial charge in [0.25, 0.3) is 0 Å². The minimum absolute atomic E-state index is 0.0117. The number of amides is 3. The summed E-state index contributed by atoms with van der Waals surface area (Å²) in [6.45, 7) is 10.2. The fourth-order valence-electron chi connectivity index (χ4n) is 4.88. The number of aromatic nitrogens is 2. The van der Waals surface area contributed by atoms with Gasteiger partial charge in [0.1, 0.15) is 5.82 Å². The van der Waals surface area contributed by atoms with Crippen molar-refractivity contribution >= 4 is 17.8 Å². The van der Waals surface area contributed by atoms with Crippen LogP contribution in [0.25, 0.3) is 5.69 Å². The molecule has 2 aromatic rings. The van der Waals surface area contributed by atoms with E-state index in [9.17, 15) is 14.4 Å². The summed E-state index contributed by atoms with van der Waals surface area (Å²) in [5.41, 5.74) is 14.0. The van der Waals surface area contributed by atoms with Gasteiger partial charge in [-0.3, -0.25) is 19.6 Å². The number of benzene rings is 1. The molecule has 5 N–H and O–H groups in total. The van der Waals surface area contributed by atoms with Gasteiger partial charge in [-0.25, -0.2) is 9.59 Å².